The maximum Gasteiger partial charge on any atom is 0.153 e. The number of aromatic nitrogens is 2. The minimum Gasteiger partial charge on any atom is -0.399 e. The Hall–Kier alpha value is -1.91. The standard InChI is InChI=1S/C9H7F2N3/c10-7-4-6(12)5-8(11)9(7)14-3-1-2-13-14/h1-5H,12H2. The Balaban J connectivity index is 2.64. The van der Waals surface area contributed by atoms with Gasteiger partial charge in [-0.15, -0.1) is 0 Å². The van der Waals surface area contributed by atoms with Gasteiger partial charge in [-0.05, 0) is 18.2 Å². The first-order valence-corrected chi connectivity index (χ1v) is 3.93. The predicted octanol–water partition coefficient (Wildman–Crippen LogP) is 1.73. The highest BCUT2D eigenvalue weighted by Gasteiger charge is 2.11. The second-order valence-corrected chi connectivity index (χ2v) is 2.78. The molecule has 1 aromatic carbocycles. The number of nitrogen functional groups attached to an aromatic ring is 1. The van der Waals surface area contributed by atoms with E-state index in [1.807, 2.05) is 0 Å². The number of nitrogens with zero attached hydrogens (tertiary/aromatic N) is 2. The lowest BCUT2D eigenvalue weighted by Gasteiger charge is -2.05. The zero-order chi connectivity index (χ0) is 10.1. The van der Waals surface area contributed by atoms with Gasteiger partial charge in [0.05, 0.1) is 0 Å². The Bertz CT molecular complexity index is 428. The smallest absolute Gasteiger partial charge is 0.153 e. The molecule has 2 aromatic rings. The average Bonchev–Trinajstić information content (AvgIpc) is 2.54. The SMILES string of the molecule is Nc1cc(F)c(-n2cccn2)c(F)c1. The van der Waals surface area contributed by atoms with Crippen LogP contribution in [0.3, 0.4) is 0 Å². The fraction of sp³-hybridized carbons (Fsp3) is 0. The highest BCUT2D eigenvalue weighted by molar-refractivity contribution is 5.47. The molecule has 2 rings (SSSR count). The van der Waals surface area contributed by atoms with Gasteiger partial charge in [0.1, 0.15) is 5.69 Å². The normalized spacial score (nSPS) is 10.4. The molecule has 0 atom stereocenters. The van der Waals surface area contributed by atoms with Crippen LogP contribution in [0, 0.1) is 11.6 Å². The number of anilines is 1. The Kier molecular flexibility index (Phi) is 1.92. The summed E-state index contributed by atoms with van der Waals surface area (Å²) < 4.78 is 27.7. The van der Waals surface area contributed by atoms with Crippen molar-refractivity contribution in [3.8, 4) is 5.69 Å². The maximum absolute atomic E-state index is 13.3. The van der Waals surface area contributed by atoms with Gasteiger partial charge >= 0.3 is 0 Å². The summed E-state index contributed by atoms with van der Waals surface area (Å²) in [5, 5.41) is 3.73. The van der Waals surface area contributed by atoms with Crippen molar-refractivity contribution >= 4 is 5.69 Å². The molecule has 0 aliphatic heterocycles. The van der Waals surface area contributed by atoms with E-state index in [0.717, 1.165) is 16.8 Å². The number of hydrogen-bond acceptors (Lipinski definition) is 2. The summed E-state index contributed by atoms with van der Waals surface area (Å²) in [5.41, 5.74) is 5.11. The lowest BCUT2D eigenvalue weighted by Crippen LogP contribution is -2.03. The summed E-state index contributed by atoms with van der Waals surface area (Å²) in [5.74, 6) is -1.46. The highest BCUT2D eigenvalue weighted by atomic mass is 19.1. The van der Waals surface area contributed by atoms with Gasteiger partial charge in [-0.2, -0.15) is 5.10 Å². The van der Waals surface area contributed by atoms with Gasteiger partial charge in [0.2, 0.25) is 0 Å². The molecular weight excluding hydrogens is 188 g/mol. The fourth-order valence-electron chi connectivity index (χ4n) is 1.21. The molecule has 0 spiro atoms. The van der Waals surface area contributed by atoms with E-state index >= 15 is 0 Å². The number of benzene rings is 1. The molecule has 0 aliphatic carbocycles. The summed E-state index contributed by atoms with van der Waals surface area (Å²) in [4.78, 5) is 0. The molecule has 14 heavy (non-hydrogen) atoms. The zero-order valence-electron chi connectivity index (χ0n) is 7.11. The first-order chi connectivity index (χ1) is 6.68. The second-order valence-electron chi connectivity index (χ2n) is 2.78. The Morgan fingerprint density at radius 1 is 1.21 bits per heavy atom. The first kappa shape index (κ1) is 8.68. The van der Waals surface area contributed by atoms with Crippen molar-refractivity contribution in [2.24, 2.45) is 0 Å². The molecular formula is C9H7F2N3. The molecule has 5 heteroatoms. The van der Waals surface area contributed by atoms with Gasteiger partial charge in [0.15, 0.2) is 11.6 Å². The van der Waals surface area contributed by atoms with E-state index in [9.17, 15) is 8.78 Å². The van der Waals surface area contributed by atoms with E-state index in [0.29, 0.717) is 0 Å². The van der Waals surface area contributed by atoms with Gasteiger partial charge in [-0.1, -0.05) is 0 Å². The molecule has 3 nitrogen and oxygen atoms in total. The topological polar surface area (TPSA) is 43.8 Å². The fourth-order valence-corrected chi connectivity index (χ4v) is 1.21. The molecule has 0 aliphatic rings. The van der Waals surface area contributed by atoms with Gasteiger partial charge in [-0.25, -0.2) is 13.5 Å². The molecule has 0 radical (unpaired) electrons. The minimum atomic E-state index is -0.730. The molecule has 2 N–H and O–H groups in total. The zero-order valence-corrected chi connectivity index (χ0v) is 7.11. The third-order valence-corrected chi connectivity index (χ3v) is 1.77. The second kappa shape index (κ2) is 3.10. The van der Waals surface area contributed by atoms with Crippen LogP contribution in [-0.4, -0.2) is 9.78 Å². The lowest BCUT2D eigenvalue weighted by molar-refractivity contribution is 0.561. The lowest BCUT2D eigenvalue weighted by atomic mass is 10.2. The summed E-state index contributed by atoms with van der Waals surface area (Å²) >= 11 is 0. The van der Waals surface area contributed by atoms with Crippen molar-refractivity contribution in [1.29, 1.82) is 0 Å². The van der Waals surface area contributed by atoms with E-state index in [2.05, 4.69) is 5.10 Å². The summed E-state index contributed by atoms with van der Waals surface area (Å²) in [7, 11) is 0. The van der Waals surface area contributed by atoms with Crippen molar-refractivity contribution < 1.29 is 8.78 Å². The molecule has 72 valence electrons. The van der Waals surface area contributed by atoms with Crippen LogP contribution in [0.15, 0.2) is 30.6 Å². The summed E-state index contributed by atoms with van der Waals surface area (Å²) in [6.45, 7) is 0. The van der Waals surface area contributed by atoms with E-state index in [4.69, 9.17) is 5.73 Å². The van der Waals surface area contributed by atoms with Crippen LogP contribution in [0.4, 0.5) is 14.5 Å². The molecule has 0 saturated heterocycles. The van der Waals surface area contributed by atoms with Crippen LogP contribution in [0.2, 0.25) is 0 Å². The van der Waals surface area contributed by atoms with Crippen LogP contribution in [0.25, 0.3) is 5.69 Å². The van der Waals surface area contributed by atoms with Gasteiger partial charge in [-0.3, -0.25) is 0 Å². The Morgan fingerprint density at radius 3 is 2.36 bits per heavy atom. The molecule has 0 fully saturated rings. The van der Waals surface area contributed by atoms with E-state index < -0.39 is 11.6 Å². The molecule has 0 bridgehead atoms. The maximum atomic E-state index is 13.3. The van der Waals surface area contributed by atoms with Crippen LogP contribution in [0.5, 0.6) is 0 Å². The summed E-state index contributed by atoms with van der Waals surface area (Å²) in [6.07, 6.45) is 2.90. The van der Waals surface area contributed by atoms with Crippen molar-refractivity contribution in [1.82, 2.24) is 9.78 Å². The van der Waals surface area contributed by atoms with Crippen molar-refractivity contribution in [3.63, 3.8) is 0 Å². The summed E-state index contributed by atoms with van der Waals surface area (Å²) in [6, 6.07) is 3.69. The third kappa shape index (κ3) is 1.32. The van der Waals surface area contributed by atoms with Crippen LogP contribution in [-0.2, 0) is 0 Å². The molecule has 1 aromatic heterocycles. The van der Waals surface area contributed by atoms with Crippen LogP contribution in [0.1, 0.15) is 0 Å². The van der Waals surface area contributed by atoms with Crippen molar-refractivity contribution in [3.05, 3.63) is 42.2 Å². The predicted molar refractivity (Wildman–Crippen MR) is 47.9 cm³/mol. The third-order valence-electron chi connectivity index (χ3n) is 1.77. The van der Waals surface area contributed by atoms with Gasteiger partial charge < -0.3 is 5.73 Å². The molecule has 0 unspecified atom stereocenters. The van der Waals surface area contributed by atoms with E-state index in [1.165, 1.54) is 12.4 Å². The number of halogens is 2. The van der Waals surface area contributed by atoms with Crippen LogP contribution >= 0.6 is 0 Å². The molecule has 0 saturated carbocycles. The van der Waals surface area contributed by atoms with Gasteiger partial charge in [0, 0.05) is 18.1 Å². The van der Waals surface area contributed by atoms with E-state index in [1.54, 1.807) is 6.07 Å². The largest absolute Gasteiger partial charge is 0.399 e. The van der Waals surface area contributed by atoms with Crippen LogP contribution < -0.4 is 5.73 Å². The first-order valence-electron chi connectivity index (χ1n) is 3.93. The molecule has 1 heterocycles. The van der Waals surface area contributed by atoms with Crippen molar-refractivity contribution in [2.45, 2.75) is 0 Å². The average molecular weight is 195 g/mol. The number of rotatable bonds is 1. The number of nitrogens with two attached hydrogens (primary N) is 1. The monoisotopic (exact) mass is 195 g/mol. The minimum absolute atomic E-state index is 0.0518. The highest BCUT2D eigenvalue weighted by Crippen LogP contribution is 2.19. The number of hydrogen-bond donors (Lipinski definition) is 1. The molecule has 0 amide bonds. The quantitative estimate of drug-likeness (QED) is 0.704. The van der Waals surface area contributed by atoms with E-state index in [-0.39, 0.29) is 11.4 Å². The van der Waals surface area contributed by atoms with Crippen molar-refractivity contribution in [2.75, 3.05) is 5.73 Å². The Labute approximate surface area is 78.8 Å². The van der Waals surface area contributed by atoms with Gasteiger partial charge in [0.25, 0.3) is 0 Å². The Morgan fingerprint density at radius 2 is 1.86 bits per heavy atom.